The molecule has 1 aromatic carbocycles. The second-order valence-corrected chi connectivity index (χ2v) is 8.57. The number of rotatable bonds is 4. The van der Waals surface area contributed by atoms with E-state index in [1.54, 1.807) is 0 Å². The third-order valence-corrected chi connectivity index (χ3v) is 4.87. The molecule has 0 aliphatic rings. The van der Waals surface area contributed by atoms with E-state index < -0.39 is 15.8 Å². The summed E-state index contributed by atoms with van der Waals surface area (Å²) in [6, 6.07) is 4.17. The summed E-state index contributed by atoms with van der Waals surface area (Å²) in [5.74, 6) is -1.30. The average molecular weight is 349 g/mol. The largest absolute Gasteiger partial charge is 0.478 e. The van der Waals surface area contributed by atoms with Crippen LogP contribution in [0, 0.1) is 5.41 Å². The molecule has 0 aliphatic carbocycles. The monoisotopic (exact) mass is 348 g/mol. The van der Waals surface area contributed by atoms with E-state index in [0.717, 1.165) is 0 Å². The first-order valence-corrected chi connectivity index (χ1v) is 8.23. The van der Waals surface area contributed by atoms with Crippen LogP contribution in [0.3, 0.4) is 0 Å². The van der Waals surface area contributed by atoms with Crippen LogP contribution in [-0.2, 0) is 9.84 Å². The summed E-state index contributed by atoms with van der Waals surface area (Å²) >= 11 is 3.17. The van der Waals surface area contributed by atoms with Gasteiger partial charge in [0.25, 0.3) is 0 Å². The van der Waals surface area contributed by atoms with Crippen LogP contribution in [0.15, 0.2) is 27.6 Å². The lowest BCUT2D eigenvalue weighted by molar-refractivity contribution is 0.0692. The third kappa shape index (κ3) is 4.62. The highest BCUT2D eigenvalue weighted by Crippen LogP contribution is 2.26. The van der Waals surface area contributed by atoms with E-state index in [2.05, 4.69) is 15.9 Å². The first-order valence-electron chi connectivity index (χ1n) is 5.78. The molecule has 1 aromatic rings. The van der Waals surface area contributed by atoms with E-state index in [1.165, 1.54) is 18.2 Å². The number of hydrogen-bond donors (Lipinski definition) is 1. The van der Waals surface area contributed by atoms with E-state index in [9.17, 15) is 13.2 Å². The predicted octanol–water partition coefficient (Wildman–Crippen LogP) is 3.36. The Morgan fingerprint density at radius 3 is 2.37 bits per heavy atom. The summed E-state index contributed by atoms with van der Waals surface area (Å²) in [5.41, 5.74) is -0.306. The molecule has 0 amide bonds. The molecule has 4 nitrogen and oxygen atoms in total. The molecule has 0 spiro atoms. The van der Waals surface area contributed by atoms with Gasteiger partial charge in [0.15, 0.2) is 9.84 Å². The van der Waals surface area contributed by atoms with Crippen LogP contribution < -0.4 is 0 Å². The van der Waals surface area contributed by atoms with Crippen LogP contribution in [0.2, 0.25) is 0 Å². The fourth-order valence-electron chi connectivity index (χ4n) is 1.48. The summed E-state index contributed by atoms with van der Waals surface area (Å²) < 4.78 is 25.1. The van der Waals surface area contributed by atoms with Crippen molar-refractivity contribution < 1.29 is 18.3 Å². The number of halogens is 1. The molecule has 0 fully saturated rings. The van der Waals surface area contributed by atoms with Crippen molar-refractivity contribution in [2.45, 2.75) is 32.1 Å². The third-order valence-electron chi connectivity index (χ3n) is 2.63. The Morgan fingerprint density at radius 1 is 1.32 bits per heavy atom. The minimum Gasteiger partial charge on any atom is -0.478 e. The zero-order valence-electron chi connectivity index (χ0n) is 11.1. The standard InChI is InChI=1S/C13H17BrO4S/c1-13(2,3)6-7-19(17,18)11-8-9(14)4-5-10(11)12(15)16/h4-5,8H,6-7H2,1-3H3,(H,15,16). The topological polar surface area (TPSA) is 71.4 Å². The van der Waals surface area contributed by atoms with E-state index in [-0.39, 0.29) is 21.6 Å². The van der Waals surface area contributed by atoms with Gasteiger partial charge in [-0.3, -0.25) is 0 Å². The summed E-state index contributed by atoms with van der Waals surface area (Å²) in [6.07, 6.45) is 0.473. The molecule has 1 N–H and O–H groups in total. The fourth-order valence-corrected chi connectivity index (χ4v) is 3.89. The second-order valence-electron chi connectivity index (χ2n) is 5.58. The summed E-state index contributed by atoms with van der Waals surface area (Å²) in [5, 5.41) is 9.07. The molecule has 0 atom stereocenters. The Labute approximate surface area is 121 Å². The number of carboxylic acids is 1. The molecule has 0 saturated carbocycles. The number of carboxylic acid groups (broad SMARTS) is 1. The van der Waals surface area contributed by atoms with Crippen molar-refractivity contribution in [2.24, 2.45) is 5.41 Å². The maximum Gasteiger partial charge on any atom is 0.337 e. The van der Waals surface area contributed by atoms with E-state index in [4.69, 9.17) is 5.11 Å². The Morgan fingerprint density at radius 2 is 1.89 bits per heavy atom. The molecule has 0 bridgehead atoms. The highest BCUT2D eigenvalue weighted by atomic mass is 79.9. The van der Waals surface area contributed by atoms with Gasteiger partial charge in [0.1, 0.15) is 0 Å². The molecule has 106 valence electrons. The number of carbonyl (C=O) groups is 1. The van der Waals surface area contributed by atoms with Crippen LogP contribution in [0.1, 0.15) is 37.6 Å². The first-order chi connectivity index (χ1) is 8.53. The zero-order valence-corrected chi connectivity index (χ0v) is 13.5. The van der Waals surface area contributed by atoms with E-state index >= 15 is 0 Å². The van der Waals surface area contributed by atoms with Gasteiger partial charge in [-0.05, 0) is 30.0 Å². The van der Waals surface area contributed by atoms with Crippen LogP contribution in [0.4, 0.5) is 0 Å². The number of hydrogen-bond acceptors (Lipinski definition) is 3. The van der Waals surface area contributed by atoms with Gasteiger partial charge < -0.3 is 5.11 Å². The van der Waals surface area contributed by atoms with Gasteiger partial charge in [-0.15, -0.1) is 0 Å². The van der Waals surface area contributed by atoms with Crippen LogP contribution in [0.25, 0.3) is 0 Å². The van der Waals surface area contributed by atoms with Crippen LogP contribution >= 0.6 is 15.9 Å². The van der Waals surface area contributed by atoms with Crippen molar-refractivity contribution in [1.29, 1.82) is 0 Å². The van der Waals surface area contributed by atoms with Crippen molar-refractivity contribution in [3.05, 3.63) is 28.2 Å². The lowest BCUT2D eigenvalue weighted by Gasteiger charge is -2.18. The van der Waals surface area contributed by atoms with Gasteiger partial charge in [0, 0.05) is 4.47 Å². The molecular formula is C13H17BrO4S. The zero-order chi connectivity index (χ0) is 14.8. The Balaban J connectivity index is 3.21. The molecule has 1 rings (SSSR count). The molecule has 0 heterocycles. The number of aromatic carboxylic acids is 1. The SMILES string of the molecule is CC(C)(C)CCS(=O)(=O)c1cc(Br)ccc1C(=O)O. The van der Waals surface area contributed by atoms with Gasteiger partial charge in [0.05, 0.1) is 16.2 Å². The predicted molar refractivity (Wildman–Crippen MR) is 77.2 cm³/mol. The van der Waals surface area contributed by atoms with Crippen LogP contribution in [0.5, 0.6) is 0 Å². The number of benzene rings is 1. The molecule has 0 aliphatic heterocycles. The molecule has 0 unspecified atom stereocenters. The van der Waals surface area contributed by atoms with Crippen molar-refractivity contribution in [1.82, 2.24) is 0 Å². The minimum absolute atomic E-state index is 0.0623. The maximum absolute atomic E-state index is 12.3. The van der Waals surface area contributed by atoms with Gasteiger partial charge in [-0.1, -0.05) is 36.7 Å². The summed E-state index contributed by atoms with van der Waals surface area (Å²) in [4.78, 5) is 11.0. The second kappa shape index (κ2) is 5.63. The van der Waals surface area contributed by atoms with Crippen molar-refractivity contribution in [3.63, 3.8) is 0 Å². The van der Waals surface area contributed by atoms with Crippen LogP contribution in [-0.4, -0.2) is 25.2 Å². The Hall–Kier alpha value is -0.880. The molecule has 0 saturated heterocycles. The summed E-state index contributed by atoms with van der Waals surface area (Å²) in [6.45, 7) is 5.84. The lowest BCUT2D eigenvalue weighted by atomic mass is 9.94. The molecule has 6 heteroatoms. The fraction of sp³-hybridized carbons (Fsp3) is 0.462. The van der Waals surface area contributed by atoms with Gasteiger partial charge in [0.2, 0.25) is 0 Å². The molecule has 19 heavy (non-hydrogen) atoms. The normalized spacial score (nSPS) is 12.4. The highest BCUT2D eigenvalue weighted by molar-refractivity contribution is 9.10. The minimum atomic E-state index is -3.60. The lowest BCUT2D eigenvalue weighted by Crippen LogP contribution is -2.17. The molecule has 0 radical (unpaired) electrons. The number of sulfone groups is 1. The molecular weight excluding hydrogens is 332 g/mol. The van der Waals surface area contributed by atoms with E-state index in [0.29, 0.717) is 10.9 Å². The smallest absolute Gasteiger partial charge is 0.337 e. The van der Waals surface area contributed by atoms with Crippen molar-refractivity contribution in [2.75, 3.05) is 5.75 Å². The van der Waals surface area contributed by atoms with Crippen molar-refractivity contribution >= 4 is 31.7 Å². The Bertz CT molecular complexity index is 585. The van der Waals surface area contributed by atoms with Gasteiger partial charge in [-0.25, -0.2) is 13.2 Å². The quantitative estimate of drug-likeness (QED) is 0.905. The van der Waals surface area contributed by atoms with Gasteiger partial charge in [-0.2, -0.15) is 0 Å². The van der Waals surface area contributed by atoms with Crippen molar-refractivity contribution in [3.8, 4) is 0 Å². The van der Waals surface area contributed by atoms with E-state index in [1.807, 2.05) is 20.8 Å². The Kier molecular flexibility index (Phi) is 4.79. The summed E-state index contributed by atoms with van der Waals surface area (Å²) in [7, 11) is -3.60. The maximum atomic E-state index is 12.3. The van der Waals surface area contributed by atoms with Gasteiger partial charge >= 0.3 is 5.97 Å². The highest BCUT2D eigenvalue weighted by Gasteiger charge is 2.24. The average Bonchev–Trinajstić information content (AvgIpc) is 2.25. The first kappa shape index (κ1) is 16.2. The molecule has 0 aromatic heterocycles.